The lowest BCUT2D eigenvalue weighted by atomic mass is 10.2. The summed E-state index contributed by atoms with van der Waals surface area (Å²) in [5.74, 6) is -0.348. The number of carbonyl (C=O) groups is 2. The van der Waals surface area contributed by atoms with E-state index < -0.39 is 11.8 Å². The monoisotopic (exact) mass is 286 g/mol. The lowest BCUT2D eigenvalue weighted by molar-refractivity contribution is -0.123. The van der Waals surface area contributed by atoms with Gasteiger partial charge in [0.25, 0.3) is 11.8 Å². The Hall–Kier alpha value is -2.54. The molecule has 0 radical (unpaired) electrons. The van der Waals surface area contributed by atoms with Crippen molar-refractivity contribution in [3.8, 4) is 0 Å². The van der Waals surface area contributed by atoms with E-state index in [4.69, 9.17) is 12.2 Å². The highest BCUT2D eigenvalue weighted by Gasteiger charge is 2.26. The van der Waals surface area contributed by atoms with Crippen LogP contribution in [0.25, 0.3) is 17.2 Å². The maximum absolute atomic E-state index is 11.8. The fraction of sp³-hybridized carbons (Fsp3) is 0.0769. The van der Waals surface area contributed by atoms with Crippen molar-refractivity contribution < 1.29 is 9.59 Å². The molecule has 1 aliphatic heterocycles. The molecule has 2 N–H and O–H groups in total. The fourth-order valence-corrected chi connectivity index (χ4v) is 2.23. The van der Waals surface area contributed by atoms with Gasteiger partial charge in [0, 0.05) is 6.20 Å². The van der Waals surface area contributed by atoms with Crippen LogP contribution < -0.4 is 10.6 Å². The minimum Gasteiger partial charge on any atom is -0.302 e. The number of aromatic nitrogens is 2. The number of rotatable bonds is 1. The average Bonchev–Trinajstić information content (AvgIpc) is 2.69. The third-order valence-electron chi connectivity index (χ3n) is 2.97. The molecule has 20 heavy (non-hydrogen) atoms. The van der Waals surface area contributed by atoms with E-state index in [-0.39, 0.29) is 10.7 Å². The molecule has 0 bridgehead atoms. The van der Waals surface area contributed by atoms with Gasteiger partial charge in [-0.1, -0.05) is 12.1 Å². The van der Waals surface area contributed by atoms with E-state index >= 15 is 0 Å². The van der Waals surface area contributed by atoms with Gasteiger partial charge in [0.1, 0.15) is 11.4 Å². The van der Waals surface area contributed by atoms with Crippen LogP contribution in [-0.2, 0) is 9.59 Å². The van der Waals surface area contributed by atoms with Gasteiger partial charge in [-0.25, -0.2) is 4.98 Å². The number of carbonyl (C=O) groups excluding carboxylic acids is 2. The van der Waals surface area contributed by atoms with Gasteiger partial charge < -0.3 is 4.57 Å². The van der Waals surface area contributed by atoms with Gasteiger partial charge in [-0.2, -0.15) is 0 Å². The highest BCUT2D eigenvalue weighted by molar-refractivity contribution is 7.80. The lowest BCUT2D eigenvalue weighted by Crippen LogP contribution is -2.51. The molecular formula is C13H10N4O2S. The number of hydrogen-bond donors (Lipinski definition) is 2. The Bertz CT molecular complexity index is 769. The first kappa shape index (κ1) is 12.5. The summed E-state index contributed by atoms with van der Waals surface area (Å²) < 4.78 is 1.71. The minimum absolute atomic E-state index is 0.00940. The Morgan fingerprint density at radius 3 is 2.55 bits per heavy atom. The summed E-state index contributed by atoms with van der Waals surface area (Å²) in [5.41, 5.74) is 1.62. The van der Waals surface area contributed by atoms with E-state index in [1.165, 1.54) is 6.20 Å². The highest BCUT2D eigenvalue weighted by atomic mass is 32.1. The van der Waals surface area contributed by atoms with Crippen molar-refractivity contribution in [2.75, 3.05) is 0 Å². The number of amides is 2. The molecule has 2 aromatic rings. The van der Waals surface area contributed by atoms with Crippen LogP contribution >= 0.6 is 12.2 Å². The molecule has 1 aromatic heterocycles. The van der Waals surface area contributed by atoms with E-state index in [0.29, 0.717) is 5.82 Å². The molecule has 100 valence electrons. The SMILES string of the molecule is Cc1nc2ccccc2n1C=C1C(=O)NC(=S)NC1=O. The molecule has 0 unspecified atom stereocenters. The van der Waals surface area contributed by atoms with E-state index in [9.17, 15) is 9.59 Å². The first-order valence-corrected chi connectivity index (χ1v) is 6.29. The number of aryl methyl sites for hydroxylation is 1. The average molecular weight is 286 g/mol. The third kappa shape index (κ3) is 1.97. The highest BCUT2D eigenvalue weighted by Crippen LogP contribution is 2.17. The van der Waals surface area contributed by atoms with Crippen molar-refractivity contribution in [1.82, 2.24) is 20.2 Å². The zero-order valence-corrected chi connectivity index (χ0v) is 11.3. The van der Waals surface area contributed by atoms with Gasteiger partial charge in [0.2, 0.25) is 0 Å². The summed E-state index contributed by atoms with van der Waals surface area (Å²) in [7, 11) is 0. The Kier molecular flexibility index (Phi) is 2.83. The van der Waals surface area contributed by atoms with Crippen molar-refractivity contribution in [3.63, 3.8) is 0 Å². The molecule has 1 aromatic carbocycles. The molecule has 6 nitrogen and oxygen atoms in total. The number of para-hydroxylation sites is 2. The molecule has 7 heteroatoms. The topological polar surface area (TPSA) is 76.0 Å². The molecule has 2 heterocycles. The van der Waals surface area contributed by atoms with Crippen LogP contribution in [0.4, 0.5) is 0 Å². The van der Waals surface area contributed by atoms with E-state index in [0.717, 1.165) is 11.0 Å². The molecule has 2 amide bonds. The Labute approximate surface area is 119 Å². The van der Waals surface area contributed by atoms with Gasteiger partial charge in [-0.3, -0.25) is 20.2 Å². The molecular weight excluding hydrogens is 276 g/mol. The summed E-state index contributed by atoms with van der Waals surface area (Å²) >= 11 is 4.75. The van der Waals surface area contributed by atoms with Crippen molar-refractivity contribution in [1.29, 1.82) is 0 Å². The van der Waals surface area contributed by atoms with Crippen LogP contribution in [0.1, 0.15) is 5.82 Å². The number of nitrogens with one attached hydrogen (secondary N) is 2. The predicted octanol–water partition coefficient (Wildman–Crippen LogP) is 0.717. The summed E-state index contributed by atoms with van der Waals surface area (Å²) in [6, 6.07) is 7.49. The normalized spacial score (nSPS) is 15.2. The van der Waals surface area contributed by atoms with Gasteiger partial charge >= 0.3 is 0 Å². The van der Waals surface area contributed by atoms with E-state index in [2.05, 4.69) is 15.6 Å². The second-order valence-electron chi connectivity index (χ2n) is 4.30. The van der Waals surface area contributed by atoms with Gasteiger partial charge in [-0.15, -0.1) is 0 Å². The summed E-state index contributed by atoms with van der Waals surface area (Å²) in [5, 5.41) is 4.81. The maximum Gasteiger partial charge on any atom is 0.264 e. The number of imidazole rings is 1. The summed E-state index contributed by atoms with van der Waals surface area (Å²) in [4.78, 5) is 28.0. The van der Waals surface area contributed by atoms with E-state index in [1.807, 2.05) is 24.3 Å². The number of benzene rings is 1. The van der Waals surface area contributed by atoms with Gasteiger partial charge in [-0.05, 0) is 31.3 Å². The van der Waals surface area contributed by atoms with Crippen LogP contribution in [0.15, 0.2) is 29.8 Å². The van der Waals surface area contributed by atoms with Crippen LogP contribution in [0.2, 0.25) is 0 Å². The largest absolute Gasteiger partial charge is 0.302 e. The first-order chi connectivity index (χ1) is 9.56. The second-order valence-corrected chi connectivity index (χ2v) is 4.71. The second kappa shape index (κ2) is 4.53. The molecule has 0 atom stereocenters. The Morgan fingerprint density at radius 2 is 1.85 bits per heavy atom. The Balaban J connectivity index is 2.14. The van der Waals surface area contributed by atoms with Crippen molar-refractivity contribution in [2.24, 2.45) is 0 Å². The molecule has 1 fully saturated rings. The minimum atomic E-state index is -0.518. The lowest BCUT2D eigenvalue weighted by Gasteiger charge is -2.16. The zero-order valence-electron chi connectivity index (χ0n) is 10.5. The molecule has 3 rings (SSSR count). The first-order valence-electron chi connectivity index (χ1n) is 5.88. The van der Waals surface area contributed by atoms with Crippen molar-refractivity contribution in [3.05, 3.63) is 35.7 Å². The summed E-state index contributed by atoms with van der Waals surface area (Å²) in [6.07, 6.45) is 1.47. The predicted molar refractivity (Wildman–Crippen MR) is 77.6 cm³/mol. The van der Waals surface area contributed by atoms with Crippen LogP contribution in [0, 0.1) is 6.92 Å². The van der Waals surface area contributed by atoms with Crippen molar-refractivity contribution >= 4 is 46.4 Å². The molecule has 0 aliphatic carbocycles. The fourth-order valence-electron chi connectivity index (χ4n) is 2.05. The molecule has 0 spiro atoms. The molecule has 1 saturated heterocycles. The van der Waals surface area contributed by atoms with Gasteiger partial charge in [0.15, 0.2) is 5.11 Å². The number of fused-ring (bicyclic) bond motifs is 1. The summed E-state index contributed by atoms with van der Waals surface area (Å²) in [6.45, 7) is 1.81. The van der Waals surface area contributed by atoms with E-state index in [1.54, 1.807) is 11.5 Å². The van der Waals surface area contributed by atoms with Crippen LogP contribution in [0.3, 0.4) is 0 Å². The number of nitrogens with zero attached hydrogens (tertiary/aromatic N) is 2. The number of hydrogen-bond acceptors (Lipinski definition) is 4. The standard InChI is InChI=1S/C13H10N4O2S/c1-7-14-9-4-2-3-5-10(9)17(7)6-8-11(18)15-13(20)16-12(8)19/h2-6H,1H3,(H2,15,16,18,19,20). The van der Waals surface area contributed by atoms with Crippen LogP contribution in [0.5, 0.6) is 0 Å². The maximum atomic E-state index is 11.8. The molecule has 0 saturated carbocycles. The molecule has 1 aliphatic rings. The number of thiocarbonyl (C=S) groups is 1. The van der Waals surface area contributed by atoms with Crippen LogP contribution in [-0.4, -0.2) is 26.5 Å². The van der Waals surface area contributed by atoms with Gasteiger partial charge in [0.05, 0.1) is 11.0 Å². The Morgan fingerprint density at radius 1 is 1.20 bits per heavy atom. The zero-order chi connectivity index (χ0) is 14.3. The smallest absolute Gasteiger partial charge is 0.264 e. The van der Waals surface area contributed by atoms with Crippen molar-refractivity contribution in [2.45, 2.75) is 6.92 Å². The third-order valence-corrected chi connectivity index (χ3v) is 3.18. The quantitative estimate of drug-likeness (QED) is 0.460.